The Labute approximate surface area is 107 Å². The van der Waals surface area contributed by atoms with Crippen molar-refractivity contribution in [3.63, 3.8) is 0 Å². The van der Waals surface area contributed by atoms with Crippen LogP contribution in [0.4, 0.5) is 0 Å². The Bertz CT molecular complexity index is 540. The maximum absolute atomic E-state index is 5.53. The van der Waals surface area contributed by atoms with Crippen LogP contribution < -0.4 is 0 Å². The molecule has 1 atom stereocenters. The third kappa shape index (κ3) is 2.04. The van der Waals surface area contributed by atoms with Crippen LogP contribution in [-0.4, -0.2) is 24.1 Å². The molecule has 0 amide bonds. The molecule has 0 bridgehead atoms. The molecule has 1 aliphatic rings. The van der Waals surface area contributed by atoms with Gasteiger partial charge in [-0.1, -0.05) is 25.1 Å². The summed E-state index contributed by atoms with van der Waals surface area (Å²) in [6, 6.07) is 8.53. The van der Waals surface area contributed by atoms with Crippen molar-refractivity contribution >= 4 is 10.9 Å². The van der Waals surface area contributed by atoms with Crippen LogP contribution in [0, 0.1) is 0 Å². The van der Waals surface area contributed by atoms with Crippen molar-refractivity contribution in [1.29, 1.82) is 0 Å². The molecule has 0 unspecified atom stereocenters. The Balaban J connectivity index is 1.88. The van der Waals surface area contributed by atoms with Crippen LogP contribution in [0.3, 0.4) is 0 Å². The van der Waals surface area contributed by atoms with Gasteiger partial charge in [0.2, 0.25) is 0 Å². The van der Waals surface area contributed by atoms with E-state index in [1.807, 2.05) is 0 Å². The van der Waals surface area contributed by atoms with Crippen LogP contribution in [0.5, 0.6) is 0 Å². The van der Waals surface area contributed by atoms with E-state index in [0.29, 0.717) is 5.92 Å². The van der Waals surface area contributed by atoms with E-state index in [-0.39, 0.29) is 6.29 Å². The Morgan fingerprint density at radius 1 is 1.28 bits per heavy atom. The highest BCUT2D eigenvalue weighted by atomic mass is 16.7. The molecule has 1 fully saturated rings. The van der Waals surface area contributed by atoms with Crippen LogP contribution >= 0.6 is 0 Å². The van der Waals surface area contributed by atoms with Gasteiger partial charge in [-0.15, -0.1) is 0 Å². The Kier molecular flexibility index (Phi) is 3.10. The van der Waals surface area contributed by atoms with Crippen molar-refractivity contribution in [2.45, 2.75) is 25.6 Å². The van der Waals surface area contributed by atoms with Gasteiger partial charge in [-0.05, 0) is 17.5 Å². The first-order chi connectivity index (χ1) is 8.75. The second-order valence-corrected chi connectivity index (χ2v) is 5.02. The molecule has 3 nitrogen and oxygen atoms in total. The number of aromatic nitrogens is 1. The first-order valence-electron chi connectivity index (χ1n) is 6.53. The molecule has 0 aliphatic carbocycles. The zero-order valence-corrected chi connectivity index (χ0v) is 10.9. The minimum atomic E-state index is -0.0287. The maximum Gasteiger partial charge on any atom is 0.158 e. The lowest BCUT2D eigenvalue weighted by atomic mass is 9.97. The van der Waals surface area contributed by atoms with Crippen molar-refractivity contribution in [1.82, 2.24) is 4.57 Å². The number of ether oxygens (including phenoxy) is 2. The SMILES string of the molecule is C[C@H](CC1OCCO1)c1cn(C)c2ccccc12. The van der Waals surface area contributed by atoms with E-state index in [2.05, 4.69) is 49.0 Å². The number of benzene rings is 1. The minimum absolute atomic E-state index is 0.0287. The van der Waals surface area contributed by atoms with Gasteiger partial charge < -0.3 is 14.0 Å². The summed E-state index contributed by atoms with van der Waals surface area (Å²) >= 11 is 0. The van der Waals surface area contributed by atoms with Crippen LogP contribution in [0.25, 0.3) is 10.9 Å². The monoisotopic (exact) mass is 245 g/mol. The molecule has 0 spiro atoms. The van der Waals surface area contributed by atoms with E-state index >= 15 is 0 Å². The van der Waals surface area contributed by atoms with E-state index in [9.17, 15) is 0 Å². The fraction of sp³-hybridized carbons (Fsp3) is 0.467. The minimum Gasteiger partial charge on any atom is -0.350 e. The Morgan fingerprint density at radius 2 is 2.00 bits per heavy atom. The van der Waals surface area contributed by atoms with Gasteiger partial charge in [-0.2, -0.15) is 0 Å². The van der Waals surface area contributed by atoms with Gasteiger partial charge in [0.15, 0.2) is 6.29 Å². The van der Waals surface area contributed by atoms with Gasteiger partial charge in [0.25, 0.3) is 0 Å². The number of hydrogen-bond donors (Lipinski definition) is 0. The van der Waals surface area contributed by atoms with Crippen LogP contribution in [0.1, 0.15) is 24.8 Å². The molecule has 3 heteroatoms. The maximum atomic E-state index is 5.53. The van der Waals surface area contributed by atoms with E-state index in [1.165, 1.54) is 16.5 Å². The number of para-hydroxylation sites is 1. The van der Waals surface area contributed by atoms with Gasteiger partial charge in [-0.25, -0.2) is 0 Å². The van der Waals surface area contributed by atoms with Gasteiger partial charge >= 0.3 is 0 Å². The topological polar surface area (TPSA) is 23.4 Å². The predicted octanol–water partition coefficient (Wildman–Crippen LogP) is 3.04. The highest BCUT2D eigenvalue weighted by Gasteiger charge is 2.21. The van der Waals surface area contributed by atoms with Gasteiger partial charge in [0.05, 0.1) is 13.2 Å². The molecule has 1 aromatic heterocycles. The molecule has 2 aromatic rings. The first kappa shape index (κ1) is 11.8. The summed E-state index contributed by atoms with van der Waals surface area (Å²) in [7, 11) is 2.10. The summed E-state index contributed by atoms with van der Waals surface area (Å²) in [6.07, 6.45) is 3.12. The lowest BCUT2D eigenvalue weighted by molar-refractivity contribution is -0.0500. The summed E-state index contributed by atoms with van der Waals surface area (Å²) in [4.78, 5) is 0. The van der Waals surface area contributed by atoms with E-state index < -0.39 is 0 Å². The van der Waals surface area contributed by atoms with Crippen LogP contribution in [0.15, 0.2) is 30.5 Å². The van der Waals surface area contributed by atoms with Gasteiger partial charge in [0, 0.05) is 30.6 Å². The number of hydrogen-bond acceptors (Lipinski definition) is 2. The molecule has 0 saturated carbocycles. The number of rotatable bonds is 3. The molecular formula is C15H19NO2. The Hall–Kier alpha value is -1.32. The second kappa shape index (κ2) is 4.75. The van der Waals surface area contributed by atoms with E-state index in [1.54, 1.807) is 0 Å². The van der Waals surface area contributed by atoms with Crippen LogP contribution in [0.2, 0.25) is 0 Å². The highest BCUT2D eigenvalue weighted by Crippen LogP contribution is 2.31. The third-order valence-corrected chi connectivity index (χ3v) is 3.70. The molecule has 3 rings (SSSR count). The van der Waals surface area contributed by atoms with Crippen LogP contribution in [-0.2, 0) is 16.5 Å². The van der Waals surface area contributed by atoms with Crippen molar-refractivity contribution in [2.24, 2.45) is 7.05 Å². The van der Waals surface area contributed by atoms with E-state index in [4.69, 9.17) is 9.47 Å². The molecular weight excluding hydrogens is 226 g/mol. The highest BCUT2D eigenvalue weighted by molar-refractivity contribution is 5.84. The Morgan fingerprint density at radius 3 is 2.78 bits per heavy atom. The lowest BCUT2D eigenvalue weighted by Gasteiger charge is -2.15. The average molecular weight is 245 g/mol. The molecule has 96 valence electrons. The van der Waals surface area contributed by atoms with Gasteiger partial charge in [-0.3, -0.25) is 0 Å². The summed E-state index contributed by atoms with van der Waals surface area (Å²) in [5, 5.41) is 1.34. The zero-order chi connectivity index (χ0) is 12.5. The summed E-state index contributed by atoms with van der Waals surface area (Å²) in [5.74, 6) is 0.444. The van der Waals surface area contributed by atoms with Crippen molar-refractivity contribution in [3.05, 3.63) is 36.0 Å². The fourth-order valence-electron chi connectivity index (χ4n) is 2.72. The van der Waals surface area contributed by atoms with Crippen molar-refractivity contribution < 1.29 is 9.47 Å². The third-order valence-electron chi connectivity index (χ3n) is 3.70. The number of nitrogens with zero attached hydrogens (tertiary/aromatic N) is 1. The molecule has 1 aromatic carbocycles. The predicted molar refractivity (Wildman–Crippen MR) is 71.6 cm³/mol. The summed E-state index contributed by atoms with van der Waals surface area (Å²) in [6.45, 7) is 3.70. The van der Waals surface area contributed by atoms with Crippen molar-refractivity contribution in [3.8, 4) is 0 Å². The smallest absolute Gasteiger partial charge is 0.158 e. The second-order valence-electron chi connectivity index (χ2n) is 5.02. The van der Waals surface area contributed by atoms with Crippen molar-refractivity contribution in [2.75, 3.05) is 13.2 Å². The molecule has 1 aliphatic heterocycles. The molecule has 18 heavy (non-hydrogen) atoms. The van der Waals surface area contributed by atoms with Gasteiger partial charge in [0.1, 0.15) is 0 Å². The van der Waals surface area contributed by atoms with E-state index in [0.717, 1.165) is 19.6 Å². The molecule has 1 saturated heterocycles. The summed E-state index contributed by atoms with van der Waals surface area (Å²) < 4.78 is 13.3. The molecule has 0 N–H and O–H groups in total. The lowest BCUT2D eigenvalue weighted by Crippen LogP contribution is -2.11. The first-order valence-corrected chi connectivity index (χ1v) is 6.53. The quantitative estimate of drug-likeness (QED) is 0.829. The normalized spacial score (nSPS) is 18.6. The average Bonchev–Trinajstić information content (AvgIpc) is 2.98. The molecule has 2 heterocycles. The number of aryl methyl sites for hydroxylation is 1. The largest absolute Gasteiger partial charge is 0.350 e. The zero-order valence-electron chi connectivity index (χ0n) is 10.9. The summed E-state index contributed by atoms with van der Waals surface area (Å²) in [5.41, 5.74) is 2.67. The fourth-order valence-corrected chi connectivity index (χ4v) is 2.72. The standard InChI is InChI=1S/C15H19NO2/c1-11(9-15-17-7-8-18-15)13-10-16(2)14-6-4-3-5-12(13)14/h3-6,10-11,15H,7-9H2,1-2H3/t11-/m1/s1. The number of fused-ring (bicyclic) bond motifs is 1. The molecule has 0 radical (unpaired) electrons.